The van der Waals surface area contributed by atoms with Crippen molar-refractivity contribution in [1.29, 1.82) is 0 Å². The molecule has 0 amide bonds. The number of pyridine rings is 1. The average molecular weight is 674 g/mol. The fourth-order valence-corrected chi connectivity index (χ4v) is 9.70. The summed E-state index contributed by atoms with van der Waals surface area (Å²) in [6, 6.07) is 32.9. The van der Waals surface area contributed by atoms with Gasteiger partial charge in [0, 0.05) is 34.4 Å². The number of nitrogens with zero attached hydrogens (tertiary/aromatic N) is 3. The van der Waals surface area contributed by atoms with Crippen LogP contribution in [0, 0.1) is 17.8 Å². The Morgan fingerprint density at radius 3 is 2.40 bits per heavy atom. The molecule has 254 valence electrons. The maximum atomic E-state index is 5.65. The van der Waals surface area contributed by atoms with E-state index in [0.717, 1.165) is 42.0 Å². The summed E-state index contributed by atoms with van der Waals surface area (Å²) >= 11 is 0. The summed E-state index contributed by atoms with van der Waals surface area (Å²) in [5.41, 5.74) is 8.35. The van der Waals surface area contributed by atoms with Crippen molar-refractivity contribution in [2.75, 3.05) is 0 Å². The maximum Gasteiger partial charge on any atom is 0.139 e. The van der Waals surface area contributed by atoms with Crippen molar-refractivity contribution in [2.24, 2.45) is 17.8 Å². The molecule has 0 N–H and O–H groups in total. The van der Waals surface area contributed by atoms with Gasteiger partial charge < -0.3 is 0 Å². The molecule has 4 unspecified atom stereocenters. The second kappa shape index (κ2) is 12.4. The molecule has 0 aliphatic heterocycles. The third-order valence-electron chi connectivity index (χ3n) is 12.5. The Hall–Kier alpha value is -5.41. The zero-order valence-corrected chi connectivity index (χ0v) is 30.0. The van der Waals surface area contributed by atoms with Gasteiger partial charge in [-0.25, -0.2) is 9.97 Å². The highest BCUT2D eigenvalue weighted by atomic mass is 14.9. The predicted octanol–water partition coefficient (Wildman–Crippen LogP) is 12.3. The highest BCUT2D eigenvalue weighted by Gasteiger charge is 2.40. The molecule has 52 heavy (non-hydrogen) atoms. The molecule has 0 bridgehead atoms. The first-order valence-electron chi connectivity index (χ1n) is 19.1. The molecule has 2 heterocycles. The second-order valence-electron chi connectivity index (χ2n) is 15.7. The molecule has 0 spiro atoms. The van der Waals surface area contributed by atoms with Gasteiger partial charge in [0.05, 0.1) is 17.1 Å². The Labute approximate surface area is 306 Å². The zero-order valence-electron chi connectivity index (χ0n) is 30.0. The number of aromatic nitrogens is 3. The lowest BCUT2D eigenvalue weighted by molar-refractivity contribution is 0.313. The molecule has 4 aromatic carbocycles. The Kier molecular flexibility index (Phi) is 7.46. The van der Waals surface area contributed by atoms with Crippen molar-refractivity contribution in [2.45, 2.75) is 57.3 Å². The van der Waals surface area contributed by atoms with E-state index in [1.165, 1.54) is 56.4 Å². The lowest BCUT2D eigenvalue weighted by Crippen LogP contribution is -2.32. The van der Waals surface area contributed by atoms with Crippen LogP contribution in [-0.2, 0) is 5.41 Å². The largest absolute Gasteiger partial charge is 0.256 e. The summed E-state index contributed by atoms with van der Waals surface area (Å²) < 4.78 is 0. The molecule has 6 aromatic rings. The van der Waals surface area contributed by atoms with E-state index in [1.807, 2.05) is 6.20 Å². The van der Waals surface area contributed by atoms with Crippen LogP contribution < -0.4 is 0 Å². The Balaban J connectivity index is 1.15. The van der Waals surface area contributed by atoms with Crippen molar-refractivity contribution < 1.29 is 0 Å². The molecule has 0 radical (unpaired) electrons. The first-order valence-corrected chi connectivity index (χ1v) is 19.1. The van der Waals surface area contributed by atoms with Crippen molar-refractivity contribution in [1.82, 2.24) is 15.0 Å². The number of benzene rings is 4. The summed E-state index contributed by atoms with van der Waals surface area (Å²) in [4.78, 5) is 16.0. The Bertz CT molecular complexity index is 2560. The molecule has 0 saturated carbocycles. The van der Waals surface area contributed by atoms with Gasteiger partial charge in [-0.05, 0) is 107 Å². The van der Waals surface area contributed by atoms with Crippen molar-refractivity contribution in [3.05, 3.63) is 168 Å². The molecule has 0 fully saturated rings. The van der Waals surface area contributed by atoms with E-state index in [1.54, 1.807) is 11.1 Å². The molecule has 5 atom stereocenters. The minimum Gasteiger partial charge on any atom is -0.256 e. The molecule has 3 nitrogen and oxygen atoms in total. The van der Waals surface area contributed by atoms with Gasteiger partial charge in [0.15, 0.2) is 0 Å². The fraction of sp³-hybridized carbons (Fsp3) is 0.245. The summed E-state index contributed by atoms with van der Waals surface area (Å²) in [5, 5.41) is 7.41. The molecule has 4 aliphatic rings. The van der Waals surface area contributed by atoms with Crippen LogP contribution in [0.25, 0.3) is 49.1 Å². The van der Waals surface area contributed by atoms with Crippen LogP contribution in [0.1, 0.15) is 69.1 Å². The normalized spacial score (nSPS) is 25.4. The minimum absolute atomic E-state index is 0.275. The van der Waals surface area contributed by atoms with Crippen LogP contribution in [-0.4, -0.2) is 15.0 Å². The first kappa shape index (κ1) is 31.3. The average Bonchev–Trinajstić information content (AvgIpc) is 3.20. The summed E-state index contributed by atoms with van der Waals surface area (Å²) in [6.45, 7) is 4.74. The van der Waals surface area contributed by atoms with Gasteiger partial charge in [0.1, 0.15) is 5.82 Å². The topological polar surface area (TPSA) is 38.7 Å². The number of hydrogen-bond acceptors (Lipinski definition) is 3. The van der Waals surface area contributed by atoms with Gasteiger partial charge in [-0.2, -0.15) is 0 Å². The molecule has 10 rings (SSSR count). The Morgan fingerprint density at radius 1 is 0.769 bits per heavy atom. The van der Waals surface area contributed by atoms with Gasteiger partial charge in [-0.3, -0.25) is 4.98 Å². The van der Waals surface area contributed by atoms with Crippen LogP contribution in [0.5, 0.6) is 0 Å². The predicted molar refractivity (Wildman–Crippen MR) is 216 cm³/mol. The summed E-state index contributed by atoms with van der Waals surface area (Å²) in [6.07, 6.45) is 24.1. The maximum absolute atomic E-state index is 5.65. The van der Waals surface area contributed by atoms with Gasteiger partial charge in [0.25, 0.3) is 0 Å². The molecular formula is C49H43N3. The number of allylic oxidation sites excluding steroid dienone is 10. The second-order valence-corrected chi connectivity index (χ2v) is 15.7. The van der Waals surface area contributed by atoms with Gasteiger partial charge in [0.2, 0.25) is 0 Å². The van der Waals surface area contributed by atoms with Crippen LogP contribution in [0.4, 0.5) is 0 Å². The third-order valence-corrected chi connectivity index (χ3v) is 12.5. The van der Waals surface area contributed by atoms with E-state index in [4.69, 9.17) is 15.0 Å². The van der Waals surface area contributed by atoms with Crippen molar-refractivity contribution in [3.8, 4) is 11.3 Å². The van der Waals surface area contributed by atoms with E-state index in [-0.39, 0.29) is 11.3 Å². The van der Waals surface area contributed by atoms with E-state index >= 15 is 0 Å². The number of hydrogen-bond donors (Lipinski definition) is 0. The number of fused-ring (bicyclic) bond motifs is 6. The first-order chi connectivity index (χ1) is 25.5. The van der Waals surface area contributed by atoms with E-state index < -0.39 is 0 Å². The van der Waals surface area contributed by atoms with Crippen LogP contribution in [0.2, 0.25) is 0 Å². The van der Waals surface area contributed by atoms with Gasteiger partial charge in [-0.15, -0.1) is 0 Å². The lowest BCUT2D eigenvalue weighted by atomic mass is 9.62. The molecule has 4 aliphatic carbocycles. The van der Waals surface area contributed by atoms with Gasteiger partial charge in [-0.1, -0.05) is 128 Å². The highest BCUT2D eigenvalue weighted by molar-refractivity contribution is 6.13. The lowest BCUT2D eigenvalue weighted by Gasteiger charge is -2.43. The zero-order chi connectivity index (χ0) is 34.8. The quantitative estimate of drug-likeness (QED) is 0.138. The van der Waals surface area contributed by atoms with E-state index in [0.29, 0.717) is 17.8 Å². The Morgan fingerprint density at radius 2 is 1.56 bits per heavy atom. The molecule has 2 aromatic heterocycles. The summed E-state index contributed by atoms with van der Waals surface area (Å²) in [7, 11) is 0. The summed E-state index contributed by atoms with van der Waals surface area (Å²) in [5.74, 6) is 2.83. The van der Waals surface area contributed by atoms with Gasteiger partial charge >= 0.3 is 0 Å². The monoisotopic (exact) mass is 673 g/mol. The smallest absolute Gasteiger partial charge is 0.139 e. The highest BCUT2D eigenvalue weighted by Crippen LogP contribution is 2.52. The van der Waals surface area contributed by atoms with E-state index in [9.17, 15) is 0 Å². The van der Waals surface area contributed by atoms with Crippen molar-refractivity contribution in [3.63, 3.8) is 0 Å². The fourth-order valence-electron chi connectivity index (χ4n) is 9.70. The standard InChI is InChI=1S/C49H43N3/c1-31-12-11-21-41-37-17-7-5-15-35(37)29-43(46(31)41)45-30-44(42-28-34-14-4-6-16-36(34)39-19-9-10-20-40(39)42)51-48(52-45)49(2)25-22-33(23-26-49)47-38-18-8-3-13-32(38)24-27-50-47/h3-4,6-11,13-14,16-25,27-28,30-31,35,37,43H,5,12,15,26,29H2,1-2H3/t31?,35-,37?,43?,49?/m0/s1. The molecule has 3 heteroatoms. The van der Waals surface area contributed by atoms with Crippen molar-refractivity contribution >= 4 is 37.9 Å². The van der Waals surface area contributed by atoms with Crippen LogP contribution >= 0.6 is 0 Å². The SMILES string of the molecule is CC1CC=CC2=C1C(c1cc(-c3cc4ccccc4c4ccccc34)nc(C3(C)C=CC(c4nccc5ccccc45)=CC3)n1)C[C@@H]1CCC=CC21. The van der Waals surface area contributed by atoms with Crippen LogP contribution in [0.3, 0.4) is 0 Å². The van der Waals surface area contributed by atoms with E-state index in [2.05, 4.69) is 147 Å². The molecular weight excluding hydrogens is 631 g/mol. The number of rotatable bonds is 4. The van der Waals surface area contributed by atoms with Crippen LogP contribution in [0.15, 0.2) is 151 Å². The molecule has 0 saturated heterocycles. The minimum atomic E-state index is -0.369. The third kappa shape index (κ3) is 5.12.